The van der Waals surface area contributed by atoms with E-state index in [1.807, 2.05) is 24.3 Å². The summed E-state index contributed by atoms with van der Waals surface area (Å²) in [5.41, 5.74) is 0.884. The summed E-state index contributed by atoms with van der Waals surface area (Å²) in [4.78, 5) is 24.5. The first kappa shape index (κ1) is 18.4. The highest BCUT2D eigenvalue weighted by atomic mass is 16.5. The van der Waals surface area contributed by atoms with Crippen LogP contribution in [0.4, 0.5) is 5.95 Å². The van der Waals surface area contributed by atoms with Crippen molar-refractivity contribution >= 4 is 22.8 Å². The van der Waals surface area contributed by atoms with Gasteiger partial charge in [-0.25, -0.2) is 4.98 Å². The molecule has 30 heavy (non-hydrogen) atoms. The standard InChI is InChI=1S/C24H30N4O2/c29-21(27-24-12-16-9-17(13-24)11-18(10-16)14-24)15-30-22-19-5-1-2-6-20(19)25-23(26-22)28-7-3-4-8-28/h1-2,5-6,16-18H,3-4,7-15H2,(H,27,29). The molecule has 0 unspecified atom stereocenters. The molecule has 6 nitrogen and oxygen atoms in total. The predicted molar refractivity (Wildman–Crippen MR) is 116 cm³/mol. The quantitative estimate of drug-likeness (QED) is 0.820. The maximum atomic E-state index is 12.9. The Bertz CT molecular complexity index is 934. The lowest BCUT2D eigenvalue weighted by molar-refractivity contribution is -0.128. The average molecular weight is 407 g/mol. The molecule has 2 aromatic rings. The van der Waals surface area contributed by atoms with E-state index in [0.29, 0.717) is 11.8 Å². The minimum Gasteiger partial charge on any atom is -0.467 e. The zero-order valence-electron chi connectivity index (χ0n) is 17.5. The third-order valence-corrected chi connectivity index (χ3v) is 7.73. The summed E-state index contributed by atoms with van der Waals surface area (Å²) in [6.45, 7) is 1.97. The summed E-state index contributed by atoms with van der Waals surface area (Å²) >= 11 is 0. The average Bonchev–Trinajstić information content (AvgIpc) is 3.25. The van der Waals surface area contributed by atoms with Crippen molar-refractivity contribution in [2.75, 3.05) is 24.6 Å². The highest BCUT2D eigenvalue weighted by Crippen LogP contribution is 2.55. The molecule has 1 N–H and O–H groups in total. The molecule has 6 heteroatoms. The first-order valence-electron chi connectivity index (χ1n) is 11.6. The van der Waals surface area contributed by atoms with Gasteiger partial charge >= 0.3 is 0 Å². The van der Waals surface area contributed by atoms with Gasteiger partial charge in [-0.05, 0) is 81.3 Å². The number of carbonyl (C=O) groups is 1. The van der Waals surface area contributed by atoms with Crippen LogP contribution in [0.3, 0.4) is 0 Å². The van der Waals surface area contributed by atoms with Crippen LogP contribution in [-0.2, 0) is 4.79 Å². The molecule has 4 bridgehead atoms. The smallest absolute Gasteiger partial charge is 0.258 e. The number of anilines is 1. The first-order chi connectivity index (χ1) is 14.7. The summed E-state index contributed by atoms with van der Waals surface area (Å²) in [6.07, 6.45) is 9.91. The third kappa shape index (κ3) is 3.30. The second-order valence-electron chi connectivity index (χ2n) is 10.1. The van der Waals surface area contributed by atoms with Gasteiger partial charge in [-0.15, -0.1) is 0 Å². The van der Waals surface area contributed by atoms with Gasteiger partial charge in [0, 0.05) is 18.6 Å². The Balaban J connectivity index is 1.19. The fraction of sp³-hybridized carbons (Fsp3) is 0.625. The Kier molecular flexibility index (Phi) is 4.36. The number of nitrogens with zero attached hydrogens (tertiary/aromatic N) is 3. The number of fused-ring (bicyclic) bond motifs is 1. The maximum absolute atomic E-state index is 12.9. The topological polar surface area (TPSA) is 67.3 Å². The molecule has 158 valence electrons. The molecule has 1 aromatic heterocycles. The van der Waals surface area contributed by atoms with Gasteiger partial charge < -0.3 is 15.0 Å². The largest absolute Gasteiger partial charge is 0.467 e. The summed E-state index contributed by atoms with van der Waals surface area (Å²) in [5.74, 6) is 3.65. The zero-order chi connectivity index (χ0) is 20.1. The monoisotopic (exact) mass is 406 g/mol. The second-order valence-corrected chi connectivity index (χ2v) is 10.1. The molecule has 1 aromatic carbocycles. The number of para-hydroxylation sites is 1. The van der Waals surface area contributed by atoms with Crippen molar-refractivity contribution in [2.24, 2.45) is 17.8 Å². The van der Waals surface area contributed by atoms with Crippen LogP contribution < -0.4 is 15.0 Å². The van der Waals surface area contributed by atoms with E-state index >= 15 is 0 Å². The van der Waals surface area contributed by atoms with Crippen LogP contribution in [-0.4, -0.2) is 41.1 Å². The van der Waals surface area contributed by atoms with E-state index in [9.17, 15) is 4.79 Å². The molecule has 4 aliphatic carbocycles. The van der Waals surface area contributed by atoms with Gasteiger partial charge in [-0.2, -0.15) is 4.98 Å². The van der Waals surface area contributed by atoms with Crippen LogP contribution in [0.15, 0.2) is 24.3 Å². The highest BCUT2D eigenvalue weighted by Gasteiger charge is 2.51. The van der Waals surface area contributed by atoms with Crippen LogP contribution in [0, 0.1) is 17.8 Å². The van der Waals surface area contributed by atoms with Crippen LogP contribution >= 0.6 is 0 Å². The minimum atomic E-state index is -0.0117. The van der Waals surface area contributed by atoms with Crippen LogP contribution in [0.25, 0.3) is 10.9 Å². The SMILES string of the molecule is O=C(COc1nc(N2CCCC2)nc2ccccc12)NC12CC3CC(CC(C3)C1)C2. The van der Waals surface area contributed by atoms with Crippen molar-refractivity contribution in [3.63, 3.8) is 0 Å². The summed E-state index contributed by atoms with van der Waals surface area (Å²) in [5, 5.41) is 4.26. The fourth-order valence-electron chi connectivity index (χ4n) is 6.93. The van der Waals surface area contributed by atoms with Crippen molar-refractivity contribution in [2.45, 2.75) is 56.9 Å². The first-order valence-corrected chi connectivity index (χ1v) is 11.6. The van der Waals surface area contributed by atoms with Gasteiger partial charge in [0.25, 0.3) is 5.91 Å². The maximum Gasteiger partial charge on any atom is 0.258 e. The number of aromatic nitrogens is 2. The van der Waals surface area contributed by atoms with E-state index in [1.54, 1.807) is 0 Å². The van der Waals surface area contributed by atoms with Crippen molar-refractivity contribution in [1.29, 1.82) is 0 Å². The summed E-state index contributed by atoms with van der Waals surface area (Å²) < 4.78 is 6.01. The summed E-state index contributed by atoms with van der Waals surface area (Å²) in [7, 11) is 0. The van der Waals surface area contributed by atoms with Crippen LogP contribution in [0.1, 0.15) is 51.4 Å². The lowest BCUT2D eigenvalue weighted by atomic mass is 9.53. The lowest BCUT2D eigenvalue weighted by Crippen LogP contribution is -2.60. The predicted octanol–water partition coefficient (Wildman–Crippen LogP) is 3.69. The van der Waals surface area contributed by atoms with Crippen molar-refractivity contribution < 1.29 is 9.53 Å². The Morgan fingerprint density at radius 1 is 1.03 bits per heavy atom. The number of ether oxygens (including phenoxy) is 1. The van der Waals surface area contributed by atoms with Crippen molar-refractivity contribution in [3.05, 3.63) is 24.3 Å². The van der Waals surface area contributed by atoms with Crippen molar-refractivity contribution in [1.82, 2.24) is 15.3 Å². The molecule has 1 amide bonds. The van der Waals surface area contributed by atoms with E-state index in [-0.39, 0.29) is 18.1 Å². The highest BCUT2D eigenvalue weighted by molar-refractivity contribution is 5.85. The molecule has 5 fully saturated rings. The molecule has 4 saturated carbocycles. The molecule has 1 saturated heterocycles. The molecule has 2 heterocycles. The number of benzene rings is 1. The van der Waals surface area contributed by atoms with E-state index in [1.165, 1.54) is 32.1 Å². The van der Waals surface area contributed by atoms with Gasteiger partial charge in [0.05, 0.1) is 10.9 Å². The number of hydrogen-bond acceptors (Lipinski definition) is 5. The van der Waals surface area contributed by atoms with Crippen LogP contribution in [0.2, 0.25) is 0 Å². The van der Waals surface area contributed by atoms with Gasteiger partial charge in [-0.3, -0.25) is 4.79 Å². The number of rotatable bonds is 5. The van der Waals surface area contributed by atoms with Crippen molar-refractivity contribution in [3.8, 4) is 5.88 Å². The second kappa shape index (κ2) is 7.10. The molecular weight excluding hydrogens is 376 g/mol. The Morgan fingerprint density at radius 3 is 2.40 bits per heavy atom. The number of carbonyl (C=O) groups excluding carboxylic acids is 1. The third-order valence-electron chi connectivity index (χ3n) is 7.73. The normalized spacial score (nSPS) is 32.0. The molecule has 5 aliphatic rings. The van der Waals surface area contributed by atoms with Gasteiger partial charge in [-0.1, -0.05) is 12.1 Å². The van der Waals surface area contributed by atoms with Gasteiger partial charge in [0.1, 0.15) is 0 Å². The number of hydrogen-bond donors (Lipinski definition) is 1. The number of nitrogens with one attached hydrogen (secondary N) is 1. The van der Waals surface area contributed by atoms with E-state index in [0.717, 1.165) is 61.0 Å². The Labute approximate surface area is 177 Å². The Morgan fingerprint density at radius 2 is 1.70 bits per heavy atom. The zero-order valence-corrected chi connectivity index (χ0v) is 17.5. The molecule has 0 radical (unpaired) electrons. The van der Waals surface area contributed by atoms with Gasteiger partial charge in [0.15, 0.2) is 6.61 Å². The summed E-state index contributed by atoms with van der Waals surface area (Å²) in [6, 6.07) is 7.89. The molecule has 0 atom stereocenters. The van der Waals surface area contributed by atoms with Crippen LogP contribution in [0.5, 0.6) is 5.88 Å². The molecule has 7 rings (SSSR count). The molecular formula is C24H30N4O2. The van der Waals surface area contributed by atoms with E-state index in [2.05, 4.69) is 10.2 Å². The van der Waals surface area contributed by atoms with E-state index < -0.39 is 0 Å². The van der Waals surface area contributed by atoms with Gasteiger partial charge in [0.2, 0.25) is 11.8 Å². The minimum absolute atomic E-state index is 0.0117. The fourth-order valence-corrected chi connectivity index (χ4v) is 6.93. The lowest BCUT2D eigenvalue weighted by Gasteiger charge is -2.56. The van der Waals surface area contributed by atoms with E-state index in [4.69, 9.17) is 14.7 Å². The molecule has 1 aliphatic heterocycles. The molecule has 0 spiro atoms. The Hall–Kier alpha value is -2.37. The number of amides is 1.